The fourth-order valence-electron chi connectivity index (χ4n) is 2.57. The van der Waals surface area contributed by atoms with Crippen LogP contribution in [-0.2, 0) is 10.0 Å². The number of alkyl halides is 3. The third-order valence-corrected chi connectivity index (χ3v) is 5.14. The molecule has 1 heterocycles. The molecule has 0 saturated carbocycles. The van der Waals surface area contributed by atoms with Gasteiger partial charge in [-0.25, -0.2) is 18.5 Å². The summed E-state index contributed by atoms with van der Waals surface area (Å²) in [6, 6.07) is 10.8. The SMILES string of the molecule is NS(=O)(=O)c1ccc(N2CC(O)(C(F)(F)F)N=C2c2ccc(Cl)cc2)cc1. The molecule has 0 fully saturated rings. The highest BCUT2D eigenvalue weighted by Crippen LogP contribution is 2.39. The van der Waals surface area contributed by atoms with E-state index in [1.54, 1.807) is 0 Å². The Morgan fingerprint density at radius 3 is 2.15 bits per heavy atom. The quantitative estimate of drug-likeness (QED) is 0.799. The molecule has 144 valence electrons. The normalized spacial score (nSPS) is 20.7. The van der Waals surface area contributed by atoms with Crippen LogP contribution < -0.4 is 10.0 Å². The highest BCUT2D eigenvalue weighted by atomic mass is 35.5. The number of hydrogen-bond acceptors (Lipinski definition) is 5. The lowest BCUT2D eigenvalue weighted by Crippen LogP contribution is -2.47. The summed E-state index contributed by atoms with van der Waals surface area (Å²) in [5, 5.41) is 15.4. The van der Waals surface area contributed by atoms with Crippen molar-refractivity contribution in [2.45, 2.75) is 16.8 Å². The van der Waals surface area contributed by atoms with Gasteiger partial charge in [-0.15, -0.1) is 0 Å². The minimum Gasteiger partial charge on any atom is -0.361 e. The lowest BCUT2D eigenvalue weighted by Gasteiger charge is -2.25. The Morgan fingerprint density at radius 1 is 1.11 bits per heavy atom. The second kappa shape index (κ2) is 6.48. The standard InChI is InChI=1S/C16H13ClF3N3O3S/c17-11-3-1-10(2-4-11)14-22-15(24,16(18,19)20)9-23(14)12-5-7-13(8-6-12)27(21,25)26/h1-8,24H,9H2,(H2,21,25,26). The minimum atomic E-state index is -5.00. The van der Waals surface area contributed by atoms with Crippen molar-refractivity contribution in [3.63, 3.8) is 0 Å². The van der Waals surface area contributed by atoms with Crippen molar-refractivity contribution in [1.82, 2.24) is 0 Å². The van der Waals surface area contributed by atoms with Crippen LogP contribution >= 0.6 is 11.6 Å². The Labute approximate surface area is 157 Å². The zero-order chi connectivity index (χ0) is 20.0. The van der Waals surface area contributed by atoms with Gasteiger partial charge in [0, 0.05) is 16.3 Å². The van der Waals surface area contributed by atoms with Crippen LogP contribution in [0.5, 0.6) is 0 Å². The van der Waals surface area contributed by atoms with Gasteiger partial charge in [-0.1, -0.05) is 11.6 Å². The maximum Gasteiger partial charge on any atom is 0.440 e. The van der Waals surface area contributed by atoms with E-state index in [0.29, 0.717) is 10.6 Å². The van der Waals surface area contributed by atoms with Gasteiger partial charge in [0.25, 0.3) is 5.72 Å². The number of aliphatic imine (C=N–C) groups is 1. The third-order valence-electron chi connectivity index (χ3n) is 3.96. The monoisotopic (exact) mass is 419 g/mol. The van der Waals surface area contributed by atoms with Crippen molar-refractivity contribution in [1.29, 1.82) is 0 Å². The second-order valence-corrected chi connectivity index (χ2v) is 7.88. The van der Waals surface area contributed by atoms with E-state index in [1.807, 2.05) is 0 Å². The van der Waals surface area contributed by atoms with Crippen LogP contribution in [0.1, 0.15) is 5.56 Å². The van der Waals surface area contributed by atoms with Gasteiger partial charge in [0.2, 0.25) is 10.0 Å². The van der Waals surface area contributed by atoms with Crippen LogP contribution in [0.4, 0.5) is 18.9 Å². The first-order valence-electron chi connectivity index (χ1n) is 7.46. The summed E-state index contributed by atoms with van der Waals surface area (Å²) in [7, 11) is -3.95. The summed E-state index contributed by atoms with van der Waals surface area (Å²) in [6.45, 7) is -0.886. The first-order chi connectivity index (χ1) is 12.4. The smallest absolute Gasteiger partial charge is 0.361 e. The molecular formula is C16H13ClF3N3O3S. The first-order valence-corrected chi connectivity index (χ1v) is 9.38. The number of nitrogens with zero attached hydrogens (tertiary/aromatic N) is 2. The van der Waals surface area contributed by atoms with Crippen molar-refractivity contribution in [2.75, 3.05) is 11.4 Å². The average Bonchev–Trinajstić information content (AvgIpc) is 2.94. The van der Waals surface area contributed by atoms with Crippen molar-refractivity contribution in [2.24, 2.45) is 10.1 Å². The second-order valence-electron chi connectivity index (χ2n) is 5.88. The molecule has 6 nitrogen and oxygen atoms in total. The molecule has 1 aliphatic heterocycles. The number of hydrogen-bond donors (Lipinski definition) is 2. The topological polar surface area (TPSA) is 96.0 Å². The van der Waals surface area contributed by atoms with Crippen LogP contribution in [0, 0.1) is 0 Å². The molecule has 1 unspecified atom stereocenters. The summed E-state index contributed by atoms with van der Waals surface area (Å²) >= 11 is 5.81. The van der Waals surface area contributed by atoms with E-state index in [4.69, 9.17) is 16.7 Å². The van der Waals surface area contributed by atoms with Crippen molar-refractivity contribution in [3.05, 3.63) is 59.1 Å². The Kier molecular flexibility index (Phi) is 4.71. The van der Waals surface area contributed by atoms with Gasteiger partial charge in [0.15, 0.2) is 0 Å². The van der Waals surface area contributed by atoms with Gasteiger partial charge in [-0.05, 0) is 48.5 Å². The molecule has 2 aromatic carbocycles. The lowest BCUT2D eigenvalue weighted by atomic mass is 10.1. The maximum atomic E-state index is 13.3. The van der Waals surface area contributed by atoms with Gasteiger partial charge >= 0.3 is 6.18 Å². The van der Waals surface area contributed by atoms with Crippen molar-refractivity contribution < 1.29 is 26.7 Å². The molecule has 1 atom stereocenters. The minimum absolute atomic E-state index is 0.130. The van der Waals surface area contributed by atoms with Crippen LogP contribution in [0.2, 0.25) is 5.02 Å². The molecule has 27 heavy (non-hydrogen) atoms. The zero-order valence-corrected chi connectivity index (χ0v) is 15.1. The molecule has 0 saturated heterocycles. The molecule has 0 radical (unpaired) electrons. The number of primary sulfonamides is 1. The molecule has 2 aromatic rings. The van der Waals surface area contributed by atoms with Gasteiger partial charge in [0.05, 0.1) is 11.4 Å². The van der Waals surface area contributed by atoms with Gasteiger partial charge < -0.3 is 10.0 Å². The molecule has 0 amide bonds. The Balaban J connectivity index is 2.07. The maximum absolute atomic E-state index is 13.3. The number of halogens is 4. The fourth-order valence-corrected chi connectivity index (χ4v) is 3.21. The van der Waals surface area contributed by atoms with Crippen molar-refractivity contribution in [3.8, 4) is 0 Å². The number of sulfonamides is 1. The lowest BCUT2D eigenvalue weighted by molar-refractivity contribution is -0.249. The molecule has 11 heteroatoms. The highest BCUT2D eigenvalue weighted by Gasteiger charge is 2.58. The summed E-state index contributed by atoms with van der Waals surface area (Å²) in [6.07, 6.45) is -5.00. The largest absolute Gasteiger partial charge is 0.440 e. The van der Waals surface area contributed by atoms with E-state index >= 15 is 0 Å². The van der Waals surface area contributed by atoms with Crippen LogP contribution in [0.3, 0.4) is 0 Å². The third kappa shape index (κ3) is 3.79. The van der Waals surface area contributed by atoms with Crippen LogP contribution in [0.25, 0.3) is 0 Å². The molecule has 3 N–H and O–H groups in total. The average molecular weight is 420 g/mol. The first kappa shape index (κ1) is 19.6. The number of nitrogens with two attached hydrogens (primary N) is 1. The van der Waals surface area contributed by atoms with Crippen LogP contribution in [0.15, 0.2) is 58.4 Å². The Morgan fingerprint density at radius 2 is 1.67 bits per heavy atom. The zero-order valence-electron chi connectivity index (χ0n) is 13.5. The summed E-state index contributed by atoms with van der Waals surface area (Å²) in [5.74, 6) is -0.130. The summed E-state index contributed by atoms with van der Waals surface area (Å²) in [4.78, 5) is 4.46. The molecular weight excluding hydrogens is 407 g/mol. The Hall–Kier alpha value is -2.14. The molecule has 3 rings (SSSR count). The fraction of sp³-hybridized carbons (Fsp3) is 0.188. The Bertz CT molecular complexity index is 992. The van der Waals surface area contributed by atoms with Gasteiger partial charge in [0.1, 0.15) is 5.84 Å². The predicted molar refractivity (Wildman–Crippen MR) is 94.2 cm³/mol. The van der Waals surface area contributed by atoms with E-state index < -0.39 is 28.5 Å². The van der Waals surface area contributed by atoms with Crippen LogP contribution in [-0.4, -0.2) is 37.8 Å². The molecule has 0 bridgehead atoms. The van der Waals surface area contributed by atoms with Crippen molar-refractivity contribution >= 4 is 33.1 Å². The van der Waals surface area contributed by atoms with Gasteiger partial charge in [-0.3, -0.25) is 0 Å². The summed E-state index contributed by atoms with van der Waals surface area (Å²) < 4.78 is 62.6. The van der Waals surface area contributed by atoms with Gasteiger partial charge in [-0.2, -0.15) is 13.2 Å². The predicted octanol–water partition coefficient (Wildman–Crippen LogP) is 2.51. The van der Waals surface area contributed by atoms with E-state index in [1.165, 1.54) is 36.4 Å². The molecule has 0 aromatic heterocycles. The molecule has 1 aliphatic rings. The number of amidine groups is 1. The van der Waals surface area contributed by atoms with E-state index in [0.717, 1.165) is 17.0 Å². The number of aliphatic hydroxyl groups is 1. The highest BCUT2D eigenvalue weighted by molar-refractivity contribution is 7.89. The molecule has 0 aliphatic carbocycles. The summed E-state index contributed by atoms with van der Waals surface area (Å²) in [5.41, 5.74) is -2.80. The van der Waals surface area contributed by atoms with E-state index in [2.05, 4.69) is 4.99 Å². The number of β-amino-alcohol motifs (C(OH)–C–C–N with tert-alkyl or cyclic N) is 1. The van der Waals surface area contributed by atoms with E-state index in [9.17, 15) is 26.7 Å². The number of benzene rings is 2. The number of rotatable bonds is 3. The van der Waals surface area contributed by atoms with E-state index in [-0.39, 0.29) is 16.4 Å². The molecule has 0 spiro atoms. The number of anilines is 1.